The highest BCUT2D eigenvalue weighted by molar-refractivity contribution is 7.87. The Morgan fingerprint density at radius 3 is 2.62 bits per heavy atom. The van der Waals surface area contributed by atoms with Crippen molar-refractivity contribution in [3.63, 3.8) is 0 Å². The summed E-state index contributed by atoms with van der Waals surface area (Å²) >= 11 is 0. The molecule has 0 aliphatic carbocycles. The van der Waals surface area contributed by atoms with E-state index in [2.05, 4.69) is 9.97 Å². The Morgan fingerprint density at radius 1 is 1.29 bits per heavy atom. The van der Waals surface area contributed by atoms with Crippen molar-refractivity contribution in [3.05, 3.63) is 36.4 Å². The number of hydrogen-bond acceptors (Lipinski definition) is 5. The lowest BCUT2D eigenvalue weighted by Gasteiger charge is -2.12. The molecule has 0 unspecified atom stereocenters. The summed E-state index contributed by atoms with van der Waals surface area (Å²) in [5.41, 5.74) is -0.826. The summed E-state index contributed by atoms with van der Waals surface area (Å²) in [6, 6.07) is 0.997. The molecule has 0 aliphatic rings. The van der Waals surface area contributed by atoms with Crippen LogP contribution >= 0.6 is 0 Å². The number of halogens is 3. The molecule has 128 valence electrons. The topological polar surface area (TPSA) is 81.2 Å². The molecular formula is C13H11F3N4O3S. The van der Waals surface area contributed by atoms with Gasteiger partial charge in [0.1, 0.15) is 5.82 Å². The second kappa shape index (κ2) is 5.60. The molecule has 24 heavy (non-hydrogen) atoms. The summed E-state index contributed by atoms with van der Waals surface area (Å²) in [7, 11) is -1.41. The van der Waals surface area contributed by atoms with Gasteiger partial charge in [-0.2, -0.15) is 12.7 Å². The fourth-order valence-corrected chi connectivity index (χ4v) is 3.15. The minimum atomic E-state index is -4.00. The van der Waals surface area contributed by atoms with Crippen LogP contribution in [0.2, 0.25) is 0 Å². The predicted molar refractivity (Wildman–Crippen MR) is 78.1 cm³/mol. The van der Waals surface area contributed by atoms with Gasteiger partial charge in [0.25, 0.3) is 6.43 Å². The number of nitrogens with zero attached hydrogens (tertiary/aromatic N) is 4. The number of fused-ring (bicyclic) bond motifs is 1. The van der Waals surface area contributed by atoms with Crippen molar-refractivity contribution in [1.29, 1.82) is 0 Å². The summed E-state index contributed by atoms with van der Waals surface area (Å²) in [6.07, 6.45) is -0.238. The molecule has 11 heteroatoms. The van der Waals surface area contributed by atoms with Gasteiger partial charge in [-0.05, 0) is 6.07 Å². The molecule has 0 atom stereocenters. The summed E-state index contributed by atoms with van der Waals surface area (Å²) in [5, 5.41) is 0.0130. The van der Waals surface area contributed by atoms with E-state index >= 15 is 0 Å². The van der Waals surface area contributed by atoms with Gasteiger partial charge in [0.05, 0.1) is 6.20 Å². The van der Waals surface area contributed by atoms with Crippen molar-refractivity contribution in [2.24, 2.45) is 0 Å². The molecule has 0 saturated carbocycles. The van der Waals surface area contributed by atoms with Crippen LogP contribution in [0, 0.1) is 5.82 Å². The van der Waals surface area contributed by atoms with Gasteiger partial charge in [0.15, 0.2) is 23.5 Å². The van der Waals surface area contributed by atoms with E-state index in [-0.39, 0.29) is 22.4 Å². The molecule has 0 bridgehead atoms. The Bertz CT molecular complexity index is 1010. The summed E-state index contributed by atoms with van der Waals surface area (Å²) in [4.78, 5) is 7.19. The van der Waals surface area contributed by atoms with E-state index in [0.717, 1.165) is 33.1 Å². The number of aromatic nitrogens is 3. The smallest absolute Gasteiger partial charge is 0.308 e. The molecule has 0 amide bonds. The Morgan fingerprint density at radius 2 is 2.00 bits per heavy atom. The molecule has 0 fully saturated rings. The normalized spacial score (nSPS) is 12.6. The van der Waals surface area contributed by atoms with Gasteiger partial charge in [0.2, 0.25) is 0 Å². The van der Waals surface area contributed by atoms with E-state index < -0.39 is 28.1 Å². The van der Waals surface area contributed by atoms with Crippen LogP contribution in [0.5, 0.6) is 0 Å². The summed E-state index contributed by atoms with van der Waals surface area (Å²) in [5.74, 6) is -1.09. The van der Waals surface area contributed by atoms with Gasteiger partial charge in [-0.25, -0.2) is 27.1 Å². The van der Waals surface area contributed by atoms with E-state index in [4.69, 9.17) is 4.42 Å². The molecule has 3 aromatic rings. The number of rotatable bonds is 4. The molecule has 0 N–H and O–H groups in total. The molecule has 0 saturated heterocycles. The average molecular weight is 360 g/mol. The molecule has 7 nitrogen and oxygen atoms in total. The maximum Gasteiger partial charge on any atom is 0.308 e. The van der Waals surface area contributed by atoms with Crippen molar-refractivity contribution in [3.8, 4) is 11.3 Å². The lowest BCUT2D eigenvalue weighted by Crippen LogP contribution is -2.28. The third-order valence-electron chi connectivity index (χ3n) is 3.33. The largest absolute Gasteiger partial charge is 0.443 e. The van der Waals surface area contributed by atoms with Gasteiger partial charge >= 0.3 is 10.2 Å². The van der Waals surface area contributed by atoms with Gasteiger partial charge in [-0.1, -0.05) is 0 Å². The minimum Gasteiger partial charge on any atom is -0.443 e. The van der Waals surface area contributed by atoms with E-state index in [1.54, 1.807) is 0 Å². The molecule has 3 heterocycles. The highest BCUT2D eigenvalue weighted by Gasteiger charge is 2.27. The first-order valence-electron chi connectivity index (χ1n) is 6.55. The van der Waals surface area contributed by atoms with Gasteiger partial charge in [-0.3, -0.25) is 0 Å². The van der Waals surface area contributed by atoms with Crippen LogP contribution in [0.4, 0.5) is 13.2 Å². The highest BCUT2D eigenvalue weighted by Crippen LogP contribution is 2.36. The Balaban J connectivity index is 2.38. The van der Waals surface area contributed by atoms with Crippen LogP contribution in [0.1, 0.15) is 12.1 Å². The maximum absolute atomic E-state index is 13.6. The zero-order valence-electron chi connectivity index (χ0n) is 12.4. The van der Waals surface area contributed by atoms with Crippen LogP contribution in [0.15, 0.2) is 29.3 Å². The molecule has 3 aromatic heterocycles. The Hall–Kier alpha value is -2.40. The third-order valence-corrected chi connectivity index (χ3v) is 5.03. The van der Waals surface area contributed by atoms with Crippen molar-refractivity contribution >= 4 is 21.2 Å². The molecule has 0 aromatic carbocycles. The van der Waals surface area contributed by atoms with E-state index in [9.17, 15) is 21.6 Å². The van der Waals surface area contributed by atoms with Crippen molar-refractivity contribution in [2.75, 3.05) is 14.1 Å². The standard InChI is InChI=1S/C13H11F3N4O3S/c1-19(2)24(21,22)20-5-9(8-3-7(14)4-17-13(8)20)11-10(12(15)16)18-6-23-11/h3-6,12H,1-2H3. The SMILES string of the molecule is CN(C)S(=O)(=O)n1cc(-c2ocnc2C(F)F)c2cc(F)cnc21. The first-order valence-corrected chi connectivity index (χ1v) is 7.94. The van der Waals surface area contributed by atoms with Crippen molar-refractivity contribution < 1.29 is 26.0 Å². The second-order valence-corrected chi connectivity index (χ2v) is 7.04. The number of oxazole rings is 1. The van der Waals surface area contributed by atoms with Crippen LogP contribution < -0.4 is 0 Å². The third kappa shape index (κ3) is 2.45. The van der Waals surface area contributed by atoms with Crippen LogP contribution in [0.25, 0.3) is 22.4 Å². The van der Waals surface area contributed by atoms with Crippen LogP contribution in [-0.2, 0) is 10.2 Å². The first-order chi connectivity index (χ1) is 11.2. The predicted octanol–water partition coefficient (Wildman–Crippen LogP) is 2.42. The summed E-state index contributed by atoms with van der Waals surface area (Å²) < 4.78 is 71.1. The fourth-order valence-electron chi connectivity index (χ4n) is 2.20. The fraction of sp³-hybridized carbons (Fsp3) is 0.231. The monoisotopic (exact) mass is 360 g/mol. The van der Waals surface area contributed by atoms with Crippen LogP contribution in [-0.4, -0.2) is 40.8 Å². The quantitative estimate of drug-likeness (QED) is 0.714. The minimum absolute atomic E-state index is 0.0130. The molecule has 0 radical (unpaired) electrons. The Kier molecular flexibility index (Phi) is 3.84. The van der Waals surface area contributed by atoms with Crippen molar-refractivity contribution in [2.45, 2.75) is 6.43 Å². The van der Waals surface area contributed by atoms with E-state index in [0.29, 0.717) is 0 Å². The lowest BCUT2D eigenvalue weighted by atomic mass is 10.1. The van der Waals surface area contributed by atoms with E-state index in [1.165, 1.54) is 14.1 Å². The average Bonchev–Trinajstić information content (AvgIpc) is 3.10. The zero-order chi connectivity index (χ0) is 17.6. The Labute approximate surface area is 134 Å². The molecule has 3 rings (SSSR count). The van der Waals surface area contributed by atoms with Gasteiger partial charge < -0.3 is 4.42 Å². The van der Waals surface area contributed by atoms with Gasteiger partial charge in [-0.15, -0.1) is 0 Å². The summed E-state index contributed by atoms with van der Waals surface area (Å²) in [6.45, 7) is 0. The zero-order valence-corrected chi connectivity index (χ0v) is 13.3. The first kappa shape index (κ1) is 16.5. The number of hydrogen-bond donors (Lipinski definition) is 0. The van der Waals surface area contributed by atoms with E-state index in [1.807, 2.05) is 0 Å². The lowest BCUT2D eigenvalue weighted by molar-refractivity contribution is 0.147. The number of alkyl halides is 2. The highest BCUT2D eigenvalue weighted by atomic mass is 32.2. The molecular weight excluding hydrogens is 349 g/mol. The maximum atomic E-state index is 13.6. The van der Waals surface area contributed by atoms with Crippen molar-refractivity contribution in [1.82, 2.24) is 18.2 Å². The molecule has 0 aliphatic heterocycles. The van der Waals surface area contributed by atoms with Crippen LogP contribution in [0.3, 0.4) is 0 Å². The number of pyridine rings is 1. The van der Waals surface area contributed by atoms with Gasteiger partial charge in [0, 0.05) is 31.2 Å². The second-order valence-electron chi connectivity index (χ2n) is 5.02. The molecule has 0 spiro atoms.